The molecule has 10 heteroatoms. The summed E-state index contributed by atoms with van der Waals surface area (Å²) in [7, 11) is -4.26. The number of halogens is 1. The number of nitrogens with one attached hydrogen (secondary N) is 2. The first-order valence-electron chi connectivity index (χ1n) is 8.46. The molecule has 1 fully saturated rings. The van der Waals surface area contributed by atoms with Crippen LogP contribution in [0, 0.1) is 11.7 Å². The fraction of sp³-hybridized carbons (Fsp3) is 0.353. The summed E-state index contributed by atoms with van der Waals surface area (Å²) in [5.74, 6) is -1.84. The minimum Gasteiger partial charge on any atom is -0.506 e. The highest BCUT2D eigenvalue weighted by Crippen LogP contribution is 2.46. The summed E-state index contributed by atoms with van der Waals surface area (Å²) in [6, 6.07) is 2.96. The molecule has 1 saturated heterocycles. The van der Waals surface area contributed by atoms with Crippen LogP contribution >= 0.6 is 0 Å². The highest BCUT2D eigenvalue weighted by Gasteiger charge is 2.38. The summed E-state index contributed by atoms with van der Waals surface area (Å²) in [6.07, 6.45) is 0.913. The van der Waals surface area contributed by atoms with E-state index in [1.807, 2.05) is 0 Å². The molecule has 8 nitrogen and oxygen atoms in total. The van der Waals surface area contributed by atoms with Gasteiger partial charge in [0.15, 0.2) is 11.4 Å². The minimum absolute atomic E-state index is 0.0712. The van der Waals surface area contributed by atoms with Crippen LogP contribution in [0.4, 0.5) is 15.8 Å². The number of carbonyl (C=O) groups excluding carboxylic acids is 1. The van der Waals surface area contributed by atoms with Gasteiger partial charge in [-0.2, -0.15) is 8.42 Å². The van der Waals surface area contributed by atoms with Gasteiger partial charge in [-0.05, 0) is 18.4 Å². The van der Waals surface area contributed by atoms with Crippen molar-refractivity contribution in [3.8, 4) is 5.75 Å². The molecule has 144 valence electrons. The van der Waals surface area contributed by atoms with E-state index in [0.29, 0.717) is 33.4 Å². The molecular formula is C17H18FN3O5S. The second-order valence-electron chi connectivity index (χ2n) is 6.98. The van der Waals surface area contributed by atoms with E-state index in [9.17, 15) is 18.3 Å². The maximum atomic E-state index is 15.3. The maximum Gasteiger partial charge on any atom is 0.326 e. The van der Waals surface area contributed by atoms with Crippen molar-refractivity contribution in [3.05, 3.63) is 17.9 Å². The van der Waals surface area contributed by atoms with Gasteiger partial charge in [0.1, 0.15) is 23.6 Å². The first-order chi connectivity index (χ1) is 12.7. The van der Waals surface area contributed by atoms with Crippen LogP contribution in [0.5, 0.6) is 5.75 Å². The molecule has 3 aromatic rings. The highest BCUT2D eigenvalue weighted by atomic mass is 32.2. The average Bonchev–Trinajstić information content (AvgIpc) is 3.18. The summed E-state index contributed by atoms with van der Waals surface area (Å²) < 4.78 is 47.3. The van der Waals surface area contributed by atoms with Crippen molar-refractivity contribution in [2.75, 3.05) is 22.7 Å². The molecule has 3 heterocycles. The number of carbonyl (C=O) groups is 1. The SMILES string of the molecule is CC(C)CCNc1cc2oc1c1c(F)c(N3CC(=O)NS3(=O)=O)c(O)cc21. The number of nitrogens with zero attached hydrogens (tertiary/aromatic N) is 1. The summed E-state index contributed by atoms with van der Waals surface area (Å²) in [4.78, 5) is 11.5. The fourth-order valence-corrected chi connectivity index (χ4v) is 4.43. The molecule has 0 radical (unpaired) electrons. The topological polar surface area (TPSA) is 112 Å². The highest BCUT2D eigenvalue weighted by molar-refractivity contribution is 7.92. The van der Waals surface area contributed by atoms with Crippen LogP contribution in [0.15, 0.2) is 16.5 Å². The summed E-state index contributed by atoms with van der Waals surface area (Å²) in [5, 5.41) is 13.8. The minimum atomic E-state index is -4.26. The number of amides is 1. The molecule has 0 atom stereocenters. The Morgan fingerprint density at radius 1 is 1.41 bits per heavy atom. The van der Waals surface area contributed by atoms with Crippen molar-refractivity contribution in [2.24, 2.45) is 5.92 Å². The number of hydrogen-bond acceptors (Lipinski definition) is 6. The van der Waals surface area contributed by atoms with E-state index in [4.69, 9.17) is 4.42 Å². The van der Waals surface area contributed by atoms with E-state index >= 15 is 4.39 Å². The van der Waals surface area contributed by atoms with Crippen molar-refractivity contribution < 1.29 is 27.1 Å². The van der Waals surface area contributed by atoms with E-state index in [0.717, 1.165) is 6.42 Å². The summed E-state index contributed by atoms with van der Waals surface area (Å²) in [5.41, 5.74) is 0.662. The molecule has 0 unspecified atom stereocenters. The van der Waals surface area contributed by atoms with E-state index < -0.39 is 39.9 Å². The number of benzene rings is 2. The number of fused-ring (bicyclic) bond motifs is 5. The van der Waals surface area contributed by atoms with Crippen LogP contribution in [-0.4, -0.2) is 32.5 Å². The van der Waals surface area contributed by atoms with Crippen molar-refractivity contribution in [1.82, 2.24) is 4.72 Å². The van der Waals surface area contributed by atoms with E-state index in [-0.39, 0.29) is 11.0 Å². The van der Waals surface area contributed by atoms with Crippen LogP contribution < -0.4 is 14.3 Å². The average molecular weight is 395 g/mol. The maximum absolute atomic E-state index is 15.3. The largest absolute Gasteiger partial charge is 0.506 e. The third-order valence-electron chi connectivity index (χ3n) is 4.55. The Kier molecular flexibility index (Phi) is 3.84. The fourth-order valence-electron chi connectivity index (χ4n) is 3.26. The Hall–Kier alpha value is -2.75. The number of anilines is 2. The first kappa shape index (κ1) is 17.7. The predicted octanol–water partition coefficient (Wildman–Crippen LogP) is 2.51. The van der Waals surface area contributed by atoms with Crippen LogP contribution in [0.3, 0.4) is 0 Å². The number of furan rings is 2. The van der Waals surface area contributed by atoms with Gasteiger partial charge >= 0.3 is 10.2 Å². The van der Waals surface area contributed by atoms with Gasteiger partial charge in [-0.15, -0.1) is 0 Å². The van der Waals surface area contributed by atoms with Gasteiger partial charge in [0.25, 0.3) is 5.91 Å². The third kappa shape index (κ3) is 2.71. The molecule has 0 saturated carbocycles. The number of hydrogen-bond donors (Lipinski definition) is 3. The smallest absolute Gasteiger partial charge is 0.326 e. The Bertz CT molecular complexity index is 1150. The Morgan fingerprint density at radius 2 is 2.15 bits per heavy atom. The van der Waals surface area contributed by atoms with E-state index in [2.05, 4.69) is 19.2 Å². The molecule has 2 bridgehead atoms. The zero-order valence-corrected chi connectivity index (χ0v) is 15.5. The lowest BCUT2D eigenvalue weighted by molar-refractivity contribution is -0.117. The molecule has 1 aliphatic heterocycles. The molecule has 0 spiro atoms. The predicted molar refractivity (Wildman–Crippen MR) is 98.9 cm³/mol. The molecule has 1 amide bonds. The Labute approximate surface area is 154 Å². The zero-order chi connectivity index (χ0) is 19.5. The molecule has 4 rings (SSSR count). The van der Waals surface area contributed by atoms with Gasteiger partial charge in [-0.3, -0.25) is 4.79 Å². The molecular weight excluding hydrogens is 377 g/mol. The molecule has 3 N–H and O–H groups in total. The Balaban J connectivity index is 1.83. The van der Waals surface area contributed by atoms with Gasteiger partial charge in [-0.1, -0.05) is 13.8 Å². The van der Waals surface area contributed by atoms with E-state index in [1.54, 1.807) is 10.8 Å². The second-order valence-corrected chi connectivity index (χ2v) is 8.58. The summed E-state index contributed by atoms with van der Waals surface area (Å²) in [6.45, 7) is 4.24. The van der Waals surface area contributed by atoms with Crippen molar-refractivity contribution in [2.45, 2.75) is 20.3 Å². The standard InChI is InChI=1S/C17H18FN3O5S/c1-8(2)3-4-19-10-6-12-9-5-11(22)16(15(18)14(9)17(10)26-12)21-7-13(23)20-27(21,24)25/h5-6,8,19,22H,3-4,7H2,1-2H3,(H,20,23). The first-order valence-corrected chi connectivity index (χ1v) is 9.90. The number of phenolic OH excluding ortho intramolecular Hbond substituents is 1. The normalized spacial score (nSPS) is 16.7. The molecule has 2 aromatic heterocycles. The Morgan fingerprint density at radius 3 is 2.78 bits per heavy atom. The van der Waals surface area contributed by atoms with Crippen LogP contribution in [0.25, 0.3) is 21.9 Å². The number of rotatable bonds is 5. The number of aromatic hydroxyl groups is 1. The van der Waals surface area contributed by atoms with E-state index in [1.165, 1.54) is 6.07 Å². The van der Waals surface area contributed by atoms with Crippen LogP contribution in [0.1, 0.15) is 20.3 Å². The van der Waals surface area contributed by atoms with Gasteiger partial charge < -0.3 is 14.8 Å². The second kappa shape index (κ2) is 5.88. The van der Waals surface area contributed by atoms with Gasteiger partial charge in [0.05, 0.1) is 11.1 Å². The monoisotopic (exact) mass is 395 g/mol. The quantitative estimate of drug-likeness (QED) is 0.612. The molecule has 0 aliphatic carbocycles. The summed E-state index contributed by atoms with van der Waals surface area (Å²) >= 11 is 0. The lowest BCUT2D eigenvalue weighted by Gasteiger charge is -2.17. The molecule has 1 aliphatic rings. The lowest BCUT2D eigenvalue weighted by atomic mass is 10.1. The van der Waals surface area contributed by atoms with Crippen molar-refractivity contribution in [3.63, 3.8) is 0 Å². The van der Waals surface area contributed by atoms with Gasteiger partial charge in [0.2, 0.25) is 0 Å². The number of phenols is 1. The molecule has 27 heavy (non-hydrogen) atoms. The zero-order valence-electron chi connectivity index (χ0n) is 14.7. The van der Waals surface area contributed by atoms with Gasteiger partial charge in [-0.25, -0.2) is 13.4 Å². The lowest BCUT2D eigenvalue weighted by Crippen LogP contribution is -2.30. The van der Waals surface area contributed by atoms with Crippen molar-refractivity contribution >= 4 is 49.4 Å². The van der Waals surface area contributed by atoms with Crippen molar-refractivity contribution in [1.29, 1.82) is 0 Å². The third-order valence-corrected chi connectivity index (χ3v) is 5.93. The van der Waals surface area contributed by atoms with Gasteiger partial charge in [0, 0.05) is 18.0 Å². The van der Waals surface area contributed by atoms with Crippen LogP contribution in [0.2, 0.25) is 0 Å². The molecule has 1 aromatic carbocycles. The van der Waals surface area contributed by atoms with Crippen LogP contribution in [-0.2, 0) is 15.0 Å².